The van der Waals surface area contributed by atoms with E-state index in [1.165, 1.54) is 21.0 Å². The molecule has 164 valence electrons. The number of rotatable bonds is 7. The fraction of sp³-hybridized carbons (Fsp3) is 0.208. The summed E-state index contributed by atoms with van der Waals surface area (Å²) in [5.41, 5.74) is -0.274. The average molecular weight is 453 g/mol. The monoisotopic (exact) mass is 452 g/mol. The fourth-order valence-corrected chi connectivity index (χ4v) is 3.47. The van der Waals surface area contributed by atoms with Gasteiger partial charge in [0.25, 0.3) is 5.56 Å². The number of carbonyl (C=O) groups is 1. The molecule has 0 saturated heterocycles. The number of carbonyl (C=O) groups excluding carboxylic acids is 1. The SMILES string of the molecule is COc1ccc(Cn2c(O)c(C(=O)C(C)Oc3ccccc3Cl)c(C)c(C#N)c2=O)cc1. The van der Waals surface area contributed by atoms with Crippen LogP contribution in [-0.4, -0.2) is 28.7 Å². The van der Waals surface area contributed by atoms with Gasteiger partial charge in [0.2, 0.25) is 11.7 Å². The number of para-hydroxylation sites is 1. The first-order valence-corrected chi connectivity index (χ1v) is 10.1. The van der Waals surface area contributed by atoms with E-state index in [4.69, 9.17) is 21.1 Å². The highest BCUT2D eigenvalue weighted by atomic mass is 35.5. The van der Waals surface area contributed by atoms with Crippen molar-refractivity contribution in [3.05, 3.63) is 86.2 Å². The number of halogens is 1. The number of pyridine rings is 1. The van der Waals surface area contributed by atoms with Gasteiger partial charge in [-0.25, -0.2) is 0 Å². The van der Waals surface area contributed by atoms with Crippen LogP contribution in [0.2, 0.25) is 5.02 Å². The van der Waals surface area contributed by atoms with E-state index < -0.39 is 23.3 Å². The van der Waals surface area contributed by atoms with Gasteiger partial charge in [0.1, 0.15) is 23.1 Å². The second kappa shape index (κ2) is 9.58. The number of ether oxygens (including phenoxy) is 2. The van der Waals surface area contributed by atoms with Crippen molar-refractivity contribution in [3.8, 4) is 23.4 Å². The van der Waals surface area contributed by atoms with Gasteiger partial charge in [-0.3, -0.25) is 14.2 Å². The van der Waals surface area contributed by atoms with Gasteiger partial charge in [-0.05, 0) is 49.2 Å². The van der Waals surface area contributed by atoms with Gasteiger partial charge in [-0.1, -0.05) is 35.9 Å². The molecule has 0 saturated carbocycles. The lowest BCUT2D eigenvalue weighted by Gasteiger charge is -2.19. The Labute approximate surface area is 190 Å². The molecule has 1 heterocycles. The molecule has 32 heavy (non-hydrogen) atoms. The summed E-state index contributed by atoms with van der Waals surface area (Å²) in [5.74, 6) is -0.172. The normalized spacial score (nSPS) is 11.5. The third-order valence-electron chi connectivity index (χ3n) is 5.06. The highest BCUT2D eigenvalue weighted by molar-refractivity contribution is 6.32. The molecular formula is C24H21ClN2O5. The number of Topliss-reactive ketones (excluding diaryl/α,β-unsaturated/α-hetero) is 1. The zero-order valence-electron chi connectivity index (χ0n) is 17.8. The number of methoxy groups -OCH3 is 1. The van der Waals surface area contributed by atoms with E-state index in [1.54, 1.807) is 48.5 Å². The van der Waals surface area contributed by atoms with Crippen molar-refractivity contribution in [2.45, 2.75) is 26.5 Å². The molecule has 3 rings (SSSR count). The Morgan fingerprint density at radius 2 is 1.88 bits per heavy atom. The average Bonchev–Trinajstić information content (AvgIpc) is 2.79. The summed E-state index contributed by atoms with van der Waals surface area (Å²) in [5, 5.41) is 20.8. The Morgan fingerprint density at radius 1 is 1.22 bits per heavy atom. The number of aromatic nitrogens is 1. The molecule has 3 aromatic rings. The maximum absolute atomic E-state index is 13.2. The third-order valence-corrected chi connectivity index (χ3v) is 5.37. The summed E-state index contributed by atoms with van der Waals surface area (Å²) >= 11 is 6.10. The number of hydrogen-bond donors (Lipinski definition) is 1. The third kappa shape index (κ3) is 4.46. The van der Waals surface area contributed by atoms with E-state index in [-0.39, 0.29) is 23.2 Å². The van der Waals surface area contributed by atoms with Gasteiger partial charge in [0.05, 0.1) is 24.2 Å². The van der Waals surface area contributed by atoms with Crippen LogP contribution in [0.3, 0.4) is 0 Å². The van der Waals surface area contributed by atoms with Crippen molar-refractivity contribution in [1.82, 2.24) is 4.57 Å². The molecule has 1 unspecified atom stereocenters. The van der Waals surface area contributed by atoms with Crippen LogP contribution in [-0.2, 0) is 6.54 Å². The lowest BCUT2D eigenvalue weighted by atomic mass is 9.99. The largest absolute Gasteiger partial charge is 0.497 e. The molecule has 0 aliphatic rings. The molecule has 0 aliphatic heterocycles. The Balaban J connectivity index is 2.04. The Morgan fingerprint density at radius 3 is 2.47 bits per heavy atom. The highest BCUT2D eigenvalue weighted by Gasteiger charge is 2.28. The number of benzene rings is 2. The van der Waals surface area contributed by atoms with Gasteiger partial charge >= 0.3 is 0 Å². The molecule has 0 bridgehead atoms. The van der Waals surface area contributed by atoms with Crippen LogP contribution in [0.1, 0.15) is 34.0 Å². The van der Waals surface area contributed by atoms with E-state index in [0.717, 1.165) is 4.57 Å². The summed E-state index contributed by atoms with van der Waals surface area (Å²) in [4.78, 5) is 26.0. The molecule has 1 N–H and O–H groups in total. The molecule has 0 aliphatic carbocycles. The van der Waals surface area contributed by atoms with E-state index in [1.807, 2.05) is 6.07 Å². The molecule has 2 aromatic carbocycles. The first-order valence-electron chi connectivity index (χ1n) is 9.73. The van der Waals surface area contributed by atoms with Gasteiger partial charge in [-0.2, -0.15) is 5.26 Å². The van der Waals surface area contributed by atoms with E-state index in [9.17, 15) is 20.0 Å². The van der Waals surface area contributed by atoms with Crippen LogP contribution in [0, 0.1) is 18.3 Å². The fourth-order valence-electron chi connectivity index (χ4n) is 3.29. The van der Waals surface area contributed by atoms with Crippen molar-refractivity contribution in [2.75, 3.05) is 7.11 Å². The zero-order chi connectivity index (χ0) is 23.4. The lowest BCUT2D eigenvalue weighted by molar-refractivity contribution is 0.0813. The maximum atomic E-state index is 13.2. The number of ketones is 1. The Kier molecular flexibility index (Phi) is 6.86. The van der Waals surface area contributed by atoms with Gasteiger partial charge in [0.15, 0.2) is 6.10 Å². The minimum Gasteiger partial charge on any atom is -0.497 e. The van der Waals surface area contributed by atoms with Crippen molar-refractivity contribution >= 4 is 17.4 Å². The molecular weight excluding hydrogens is 432 g/mol. The number of nitriles is 1. The lowest BCUT2D eigenvalue weighted by Crippen LogP contribution is -2.31. The summed E-state index contributed by atoms with van der Waals surface area (Å²) in [6.45, 7) is 2.92. The van der Waals surface area contributed by atoms with Crippen LogP contribution >= 0.6 is 11.6 Å². The van der Waals surface area contributed by atoms with Crippen LogP contribution in [0.15, 0.2) is 53.3 Å². The van der Waals surface area contributed by atoms with Crippen molar-refractivity contribution < 1.29 is 19.4 Å². The summed E-state index contributed by atoms with van der Waals surface area (Å²) < 4.78 is 11.8. The highest BCUT2D eigenvalue weighted by Crippen LogP contribution is 2.28. The maximum Gasteiger partial charge on any atom is 0.271 e. The summed E-state index contributed by atoms with van der Waals surface area (Å²) in [7, 11) is 1.54. The molecule has 8 heteroatoms. The predicted octanol–water partition coefficient (Wildman–Crippen LogP) is 4.09. The quantitative estimate of drug-likeness (QED) is 0.541. The van der Waals surface area contributed by atoms with E-state index in [2.05, 4.69) is 0 Å². The summed E-state index contributed by atoms with van der Waals surface area (Å²) in [6, 6.07) is 15.4. The number of aromatic hydroxyl groups is 1. The van der Waals surface area contributed by atoms with Crippen LogP contribution in [0.4, 0.5) is 0 Å². The van der Waals surface area contributed by atoms with Gasteiger partial charge in [-0.15, -0.1) is 0 Å². The second-order valence-corrected chi connectivity index (χ2v) is 7.51. The number of nitrogens with zero attached hydrogens (tertiary/aromatic N) is 2. The summed E-state index contributed by atoms with van der Waals surface area (Å²) in [6.07, 6.45) is -1.03. The van der Waals surface area contributed by atoms with Gasteiger partial charge in [0, 0.05) is 0 Å². The molecule has 0 spiro atoms. The van der Waals surface area contributed by atoms with E-state index in [0.29, 0.717) is 22.1 Å². The smallest absolute Gasteiger partial charge is 0.271 e. The predicted molar refractivity (Wildman–Crippen MR) is 120 cm³/mol. The van der Waals surface area contributed by atoms with Crippen molar-refractivity contribution in [3.63, 3.8) is 0 Å². The van der Waals surface area contributed by atoms with Crippen molar-refractivity contribution in [1.29, 1.82) is 5.26 Å². The number of hydrogen-bond acceptors (Lipinski definition) is 6. The van der Waals surface area contributed by atoms with Crippen LogP contribution < -0.4 is 15.0 Å². The molecule has 7 nitrogen and oxygen atoms in total. The molecule has 0 radical (unpaired) electrons. The minimum absolute atomic E-state index is 0.0380. The van der Waals surface area contributed by atoms with Crippen LogP contribution in [0.5, 0.6) is 17.4 Å². The molecule has 1 atom stereocenters. The van der Waals surface area contributed by atoms with Gasteiger partial charge < -0.3 is 14.6 Å². The Hall–Kier alpha value is -3.76. The Bertz CT molecular complexity index is 1260. The first kappa shape index (κ1) is 22.9. The minimum atomic E-state index is -1.03. The zero-order valence-corrected chi connectivity index (χ0v) is 18.5. The first-order chi connectivity index (χ1) is 15.3. The topological polar surface area (TPSA) is 102 Å². The van der Waals surface area contributed by atoms with E-state index >= 15 is 0 Å². The molecule has 1 aromatic heterocycles. The molecule has 0 fully saturated rings. The van der Waals surface area contributed by atoms with Crippen molar-refractivity contribution in [2.24, 2.45) is 0 Å². The molecule has 0 amide bonds. The second-order valence-electron chi connectivity index (χ2n) is 7.10. The standard InChI is InChI=1S/C24H21ClN2O5/c1-14-18(12-26)23(29)27(13-16-8-10-17(31-3)11-9-16)24(30)21(14)22(28)15(2)32-20-7-5-4-6-19(20)25/h4-11,15,30H,13H2,1-3H3. The van der Waals surface area contributed by atoms with Crippen LogP contribution in [0.25, 0.3) is 0 Å².